The maximum absolute atomic E-state index is 6.02. The maximum Gasteiger partial charge on any atom is 0.186 e. The summed E-state index contributed by atoms with van der Waals surface area (Å²) in [7, 11) is 1.70. The first-order chi connectivity index (χ1) is 8.63. The summed E-state index contributed by atoms with van der Waals surface area (Å²) in [6.07, 6.45) is 3.85. The molecule has 5 heteroatoms. The minimum absolute atomic E-state index is 0.0292. The number of anilines is 1. The van der Waals surface area contributed by atoms with Crippen molar-refractivity contribution in [2.75, 3.05) is 18.6 Å². The average molecular weight is 269 g/mol. The lowest BCUT2D eigenvalue weighted by Crippen LogP contribution is -2.37. The van der Waals surface area contributed by atoms with Crippen LogP contribution in [0.3, 0.4) is 0 Å². The molecule has 1 aromatic rings. The van der Waals surface area contributed by atoms with Crippen LogP contribution in [0.1, 0.15) is 49.7 Å². The van der Waals surface area contributed by atoms with Crippen molar-refractivity contribution in [1.29, 1.82) is 0 Å². The lowest BCUT2D eigenvalue weighted by atomic mass is 10.1. The van der Waals surface area contributed by atoms with Crippen molar-refractivity contribution in [2.45, 2.75) is 51.8 Å². The normalized spacial score (nSPS) is 22.2. The van der Waals surface area contributed by atoms with Gasteiger partial charge in [-0.1, -0.05) is 11.3 Å². The molecular weight excluding hydrogens is 246 g/mol. The Kier molecular flexibility index (Phi) is 4.59. The number of nitrogens with two attached hydrogens (primary N) is 1. The molecule has 4 nitrogen and oxygen atoms in total. The number of hydrogen-bond acceptors (Lipinski definition) is 5. The Hall–Kier alpha value is -0.650. The van der Waals surface area contributed by atoms with E-state index in [1.54, 1.807) is 18.4 Å². The van der Waals surface area contributed by atoms with Crippen LogP contribution in [0.2, 0.25) is 0 Å². The molecule has 2 atom stereocenters. The number of thiazole rings is 1. The van der Waals surface area contributed by atoms with Crippen LogP contribution in [-0.4, -0.2) is 24.7 Å². The first-order valence-electron chi connectivity index (χ1n) is 6.64. The summed E-state index contributed by atoms with van der Waals surface area (Å²) in [5.41, 5.74) is 7.02. The first kappa shape index (κ1) is 13.8. The van der Waals surface area contributed by atoms with Gasteiger partial charge in [0.1, 0.15) is 0 Å². The van der Waals surface area contributed by atoms with E-state index in [0.717, 1.165) is 22.2 Å². The second-order valence-corrected chi connectivity index (χ2v) is 6.08. The van der Waals surface area contributed by atoms with Gasteiger partial charge in [0.05, 0.1) is 12.3 Å². The summed E-state index contributed by atoms with van der Waals surface area (Å²) in [5.74, 6) is 0. The number of ether oxygens (including phenoxy) is 1. The van der Waals surface area contributed by atoms with Crippen molar-refractivity contribution in [3.05, 3.63) is 10.6 Å². The molecule has 0 amide bonds. The number of hydrogen-bond donors (Lipinski definition) is 1. The van der Waals surface area contributed by atoms with E-state index in [-0.39, 0.29) is 6.04 Å². The Balaban J connectivity index is 2.24. The fraction of sp³-hybridized carbons (Fsp3) is 0.769. The Morgan fingerprint density at radius 2 is 2.33 bits per heavy atom. The highest BCUT2D eigenvalue weighted by molar-refractivity contribution is 7.15. The number of aromatic nitrogens is 1. The van der Waals surface area contributed by atoms with Crippen LogP contribution in [0.4, 0.5) is 5.13 Å². The third-order valence-electron chi connectivity index (χ3n) is 3.46. The molecule has 18 heavy (non-hydrogen) atoms. The summed E-state index contributed by atoms with van der Waals surface area (Å²) >= 11 is 1.73. The van der Waals surface area contributed by atoms with Gasteiger partial charge < -0.3 is 15.4 Å². The molecule has 1 aliphatic rings. The van der Waals surface area contributed by atoms with Crippen LogP contribution in [0.5, 0.6) is 0 Å². The van der Waals surface area contributed by atoms with Gasteiger partial charge >= 0.3 is 0 Å². The standard InChI is InChI=1S/C13H23N3OS/c1-9-6-4-5-7-16(9)13-15-11(8-17-3)12(18-13)10(2)14/h9-10H,4-8,14H2,1-3H3. The zero-order valence-electron chi connectivity index (χ0n) is 11.5. The number of piperidine rings is 1. The van der Waals surface area contributed by atoms with E-state index in [2.05, 4.69) is 11.8 Å². The predicted molar refractivity (Wildman–Crippen MR) is 76.1 cm³/mol. The van der Waals surface area contributed by atoms with Crippen LogP contribution in [0.25, 0.3) is 0 Å². The third kappa shape index (κ3) is 2.84. The molecule has 0 aliphatic carbocycles. The average Bonchev–Trinajstić information content (AvgIpc) is 2.74. The van der Waals surface area contributed by atoms with Gasteiger partial charge in [-0.05, 0) is 33.1 Å². The summed E-state index contributed by atoms with van der Waals surface area (Å²) in [4.78, 5) is 8.31. The van der Waals surface area contributed by atoms with Crippen LogP contribution >= 0.6 is 11.3 Å². The van der Waals surface area contributed by atoms with Crippen molar-refractivity contribution >= 4 is 16.5 Å². The van der Waals surface area contributed by atoms with Crippen molar-refractivity contribution in [3.8, 4) is 0 Å². The summed E-state index contributed by atoms with van der Waals surface area (Å²) in [5, 5.41) is 1.11. The van der Waals surface area contributed by atoms with E-state index in [0.29, 0.717) is 12.6 Å². The highest BCUT2D eigenvalue weighted by Crippen LogP contribution is 2.33. The van der Waals surface area contributed by atoms with Crippen molar-refractivity contribution in [3.63, 3.8) is 0 Å². The van der Waals surface area contributed by atoms with E-state index in [9.17, 15) is 0 Å². The smallest absolute Gasteiger partial charge is 0.186 e. The van der Waals surface area contributed by atoms with E-state index in [1.807, 2.05) is 6.92 Å². The molecule has 0 spiro atoms. The zero-order valence-corrected chi connectivity index (χ0v) is 12.3. The Morgan fingerprint density at radius 3 is 2.94 bits per heavy atom. The fourth-order valence-corrected chi connectivity index (χ4v) is 3.60. The molecule has 1 aromatic heterocycles. The Morgan fingerprint density at radius 1 is 1.56 bits per heavy atom. The Bertz CT molecular complexity index is 392. The number of nitrogens with zero attached hydrogens (tertiary/aromatic N) is 2. The summed E-state index contributed by atoms with van der Waals surface area (Å²) in [6, 6.07) is 0.614. The lowest BCUT2D eigenvalue weighted by molar-refractivity contribution is 0.181. The fourth-order valence-electron chi connectivity index (χ4n) is 2.45. The zero-order chi connectivity index (χ0) is 13.1. The Labute approximate surface area is 113 Å². The van der Waals surface area contributed by atoms with Crippen LogP contribution in [0, 0.1) is 0 Å². The van der Waals surface area contributed by atoms with Gasteiger partial charge in [-0.2, -0.15) is 0 Å². The molecule has 1 saturated heterocycles. The van der Waals surface area contributed by atoms with E-state index in [4.69, 9.17) is 15.5 Å². The molecular formula is C13H23N3OS. The molecule has 2 rings (SSSR count). The highest BCUT2D eigenvalue weighted by Gasteiger charge is 2.23. The van der Waals surface area contributed by atoms with Gasteiger partial charge in [-0.3, -0.25) is 0 Å². The van der Waals surface area contributed by atoms with Gasteiger partial charge in [0.15, 0.2) is 5.13 Å². The van der Waals surface area contributed by atoms with Crippen molar-refractivity contribution in [2.24, 2.45) is 5.73 Å². The van der Waals surface area contributed by atoms with Gasteiger partial charge in [-0.25, -0.2) is 4.98 Å². The number of methoxy groups -OCH3 is 1. The number of rotatable bonds is 4. The molecule has 2 heterocycles. The van der Waals surface area contributed by atoms with Crippen molar-refractivity contribution in [1.82, 2.24) is 4.98 Å². The molecule has 1 aliphatic heterocycles. The highest BCUT2D eigenvalue weighted by atomic mass is 32.1. The molecule has 102 valence electrons. The van der Waals surface area contributed by atoms with Gasteiger partial charge in [0.25, 0.3) is 0 Å². The second kappa shape index (κ2) is 5.99. The van der Waals surface area contributed by atoms with E-state index < -0.39 is 0 Å². The minimum Gasteiger partial charge on any atom is -0.378 e. The van der Waals surface area contributed by atoms with Crippen molar-refractivity contribution < 1.29 is 4.74 Å². The van der Waals surface area contributed by atoms with Crippen LogP contribution in [0.15, 0.2) is 0 Å². The SMILES string of the molecule is COCc1nc(N2CCCCC2C)sc1C(C)N. The lowest BCUT2D eigenvalue weighted by Gasteiger charge is -2.33. The largest absolute Gasteiger partial charge is 0.378 e. The second-order valence-electron chi connectivity index (χ2n) is 5.07. The van der Waals surface area contributed by atoms with Crippen LogP contribution < -0.4 is 10.6 Å². The molecule has 0 radical (unpaired) electrons. The molecule has 2 unspecified atom stereocenters. The molecule has 0 saturated carbocycles. The summed E-state index contributed by atoms with van der Waals surface area (Å²) < 4.78 is 5.22. The maximum atomic E-state index is 6.02. The monoisotopic (exact) mass is 269 g/mol. The van der Waals surface area contributed by atoms with Gasteiger partial charge in [0, 0.05) is 30.6 Å². The van der Waals surface area contributed by atoms with Crippen LogP contribution in [-0.2, 0) is 11.3 Å². The first-order valence-corrected chi connectivity index (χ1v) is 7.46. The molecule has 0 bridgehead atoms. The quantitative estimate of drug-likeness (QED) is 0.913. The summed E-state index contributed by atoms with van der Waals surface area (Å²) in [6.45, 7) is 5.95. The van der Waals surface area contributed by atoms with Gasteiger partial charge in [0.2, 0.25) is 0 Å². The molecule has 1 fully saturated rings. The van der Waals surface area contributed by atoms with E-state index in [1.165, 1.54) is 19.3 Å². The molecule has 2 N–H and O–H groups in total. The predicted octanol–water partition coefficient (Wildman–Crippen LogP) is 2.69. The van der Waals surface area contributed by atoms with E-state index >= 15 is 0 Å². The topological polar surface area (TPSA) is 51.4 Å². The molecule has 0 aromatic carbocycles. The third-order valence-corrected chi connectivity index (χ3v) is 4.80. The van der Waals surface area contributed by atoms with Gasteiger partial charge in [-0.15, -0.1) is 0 Å². The minimum atomic E-state index is 0.0292.